The Hall–Kier alpha value is -3.61. The molecule has 5 rings (SSSR count). The molecule has 27 heavy (non-hydrogen) atoms. The van der Waals surface area contributed by atoms with E-state index in [1.54, 1.807) is 24.5 Å². The molecule has 0 aliphatic carbocycles. The summed E-state index contributed by atoms with van der Waals surface area (Å²) in [5.74, 6) is 1.51. The van der Waals surface area contributed by atoms with Crippen LogP contribution >= 0.6 is 0 Å². The zero-order chi connectivity index (χ0) is 18.2. The van der Waals surface area contributed by atoms with E-state index in [1.807, 2.05) is 30.5 Å². The predicted octanol–water partition coefficient (Wildman–Crippen LogP) is 3.73. The van der Waals surface area contributed by atoms with Gasteiger partial charge in [0.25, 0.3) is 5.91 Å². The van der Waals surface area contributed by atoms with Gasteiger partial charge in [-0.1, -0.05) is 12.1 Å². The summed E-state index contributed by atoms with van der Waals surface area (Å²) >= 11 is 0. The molecule has 0 bridgehead atoms. The van der Waals surface area contributed by atoms with Crippen LogP contribution in [0.4, 0.5) is 5.69 Å². The maximum Gasteiger partial charge on any atom is 0.276 e. The Balaban J connectivity index is 1.32. The third-order valence-corrected chi connectivity index (χ3v) is 4.76. The molecule has 4 heterocycles. The van der Waals surface area contributed by atoms with Crippen LogP contribution in [0.5, 0.6) is 0 Å². The Kier molecular flexibility index (Phi) is 3.64. The maximum absolute atomic E-state index is 12.4. The normalized spacial score (nSPS) is 12.9. The molecule has 0 fully saturated rings. The molecule has 0 radical (unpaired) electrons. The standard InChI is InChI=1S/C20H17N5O2/c26-20(16-11-15(23-24-16)18-3-2-10-27-18)22-14-7-5-13(6-8-14)17-12-21-19-4-1-9-25(17)19/h2-3,5-8,10-12H,1,4,9H2,(H,22,26)(H,23,24). The van der Waals surface area contributed by atoms with Crippen LogP contribution in [0, 0.1) is 0 Å². The van der Waals surface area contributed by atoms with Gasteiger partial charge in [-0.15, -0.1) is 0 Å². The number of carbonyl (C=O) groups is 1. The number of aromatic nitrogens is 4. The third kappa shape index (κ3) is 2.83. The topological polar surface area (TPSA) is 88.7 Å². The van der Waals surface area contributed by atoms with Crippen molar-refractivity contribution in [3.05, 3.63) is 66.4 Å². The van der Waals surface area contributed by atoms with E-state index in [9.17, 15) is 4.79 Å². The van der Waals surface area contributed by atoms with Gasteiger partial charge >= 0.3 is 0 Å². The maximum atomic E-state index is 12.4. The number of furan rings is 1. The zero-order valence-electron chi connectivity index (χ0n) is 14.5. The number of aromatic amines is 1. The molecule has 7 nitrogen and oxygen atoms in total. The van der Waals surface area contributed by atoms with Gasteiger partial charge in [-0.2, -0.15) is 5.10 Å². The van der Waals surface area contributed by atoms with E-state index in [0.717, 1.165) is 36.5 Å². The molecule has 0 saturated heterocycles. The second kappa shape index (κ2) is 6.28. The molecule has 1 aliphatic rings. The van der Waals surface area contributed by atoms with Crippen molar-refractivity contribution in [1.82, 2.24) is 19.7 Å². The lowest BCUT2D eigenvalue weighted by molar-refractivity contribution is 0.102. The lowest BCUT2D eigenvalue weighted by Crippen LogP contribution is -2.12. The second-order valence-electron chi connectivity index (χ2n) is 6.49. The van der Waals surface area contributed by atoms with Crippen LogP contribution in [0.2, 0.25) is 0 Å². The average Bonchev–Trinajstić information content (AvgIpc) is 3.46. The van der Waals surface area contributed by atoms with Crippen molar-refractivity contribution >= 4 is 11.6 Å². The molecular formula is C20H17N5O2. The van der Waals surface area contributed by atoms with E-state index in [2.05, 4.69) is 25.1 Å². The molecule has 0 atom stereocenters. The molecule has 4 aromatic rings. The summed E-state index contributed by atoms with van der Waals surface area (Å²) in [5, 5.41) is 9.74. The fourth-order valence-electron chi connectivity index (χ4n) is 3.40. The minimum atomic E-state index is -0.276. The quantitative estimate of drug-likeness (QED) is 0.581. The number of anilines is 1. The van der Waals surface area contributed by atoms with Gasteiger partial charge in [0, 0.05) is 24.7 Å². The summed E-state index contributed by atoms with van der Waals surface area (Å²) in [6.45, 7) is 1.01. The minimum absolute atomic E-state index is 0.276. The average molecular weight is 359 g/mol. The fraction of sp³-hybridized carbons (Fsp3) is 0.150. The first-order chi connectivity index (χ1) is 13.3. The molecule has 3 aromatic heterocycles. The number of hydrogen-bond acceptors (Lipinski definition) is 4. The van der Waals surface area contributed by atoms with Gasteiger partial charge in [-0.25, -0.2) is 4.98 Å². The summed E-state index contributed by atoms with van der Waals surface area (Å²) in [7, 11) is 0. The Bertz CT molecular complexity index is 1090. The fourth-order valence-corrected chi connectivity index (χ4v) is 3.40. The summed E-state index contributed by atoms with van der Waals surface area (Å²) in [4.78, 5) is 16.9. The molecule has 0 saturated carbocycles. The highest BCUT2D eigenvalue weighted by molar-refractivity contribution is 6.03. The second-order valence-corrected chi connectivity index (χ2v) is 6.49. The predicted molar refractivity (Wildman–Crippen MR) is 100 cm³/mol. The van der Waals surface area contributed by atoms with Gasteiger partial charge in [-0.05, 0) is 36.2 Å². The van der Waals surface area contributed by atoms with Crippen molar-refractivity contribution in [3.63, 3.8) is 0 Å². The van der Waals surface area contributed by atoms with E-state index in [4.69, 9.17) is 4.42 Å². The Morgan fingerprint density at radius 2 is 2.11 bits per heavy atom. The highest BCUT2D eigenvalue weighted by atomic mass is 16.3. The first-order valence-corrected chi connectivity index (χ1v) is 8.83. The monoisotopic (exact) mass is 359 g/mol. The lowest BCUT2D eigenvalue weighted by Gasteiger charge is -2.07. The van der Waals surface area contributed by atoms with Crippen molar-refractivity contribution in [2.45, 2.75) is 19.4 Å². The van der Waals surface area contributed by atoms with Gasteiger partial charge in [0.1, 0.15) is 11.5 Å². The number of benzene rings is 1. The molecule has 7 heteroatoms. The van der Waals surface area contributed by atoms with Gasteiger partial charge in [-0.3, -0.25) is 9.89 Å². The van der Waals surface area contributed by atoms with Crippen LogP contribution in [0.1, 0.15) is 22.7 Å². The van der Waals surface area contributed by atoms with Crippen molar-refractivity contribution in [2.24, 2.45) is 0 Å². The first-order valence-electron chi connectivity index (χ1n) is 8.83. The number of hydrogen-bond donors (Lipinski definition) is 2. The Labute approximate surface area is 155 Å². The molecule has 0 unspecified atom stereocenters. The number of H-pyrrole nitrogens is 1. The van der Waals surface area contributed by atoms with Crippen LogP contribution in [0.3, 0.4) is 0 Å². The molecule has 1 aromatic carbocycles. The molecule has 2 N–H and O–H groups in total. The summed E-state index contributed by atoms with van der Waals surface area (Å²) in [5.41, 5.74) is 3.89. The van der Waals surface area contributed by atoms with Crippen molar-refractivity contribution in [3.8, 4) is 22.7 Å². The number of fused-ring (bicyclic) bond motifs is 1. The molecule has 0 spiro atoms. The summed E-state index contributed by atoms with van der Waals surface area (Å²) < 4.78 is 7.56. The number of carbonyl (C=O) groups excluding carboxylic acids is 1. The smallest absolute Gasteiger partial charge is 0.276 e. The van der Waals surface area contributed by atoms with Gasteiger partial charge in [0.15, 0.2) is 11.5 Å². The number of imidazole rings is 1. The highest BCUT2D eigenvalue weighted by Gasteiger charge is 2.17. The van der Waals surface area contributed by atoms with Crippen LogP contribution in [-0.4, -0.2) is 25.7 Å². The molecule has 1 aliphatic heterocycles. The van der Waals surface area contributed by atoms with Crippen LogP contribution in [0.15, 0.2) is 59.3 Å². The minimum Gasteiger partial charge on any atom is -0.463 e. The van der Waals surface area contributed by atoms with Crippen molar-refractivity contribution < 1.29 is 9.21 Å². The molecule has 134 valence electrons. The first kappa shape index (κ1) is 15.6. The SMILES string of the molecule is O=C(Nc1ccc(-c2cnc3n2CCC3)cc1)c1cc(-c2ccco2)[nH]n1. The van der Waals surface area contributed by atoms with Crippen LogP contribution < -0.4 is 5.32 Å². The largest absolute Gasteiger partial charge is 0.463 e. The van der Waals surface area contributed by atoms with Crippen LogP contribution in [-0.2, 0) is 13.0 Å². The number of aryl methyl sites for hydroxylation is 1. The van der Waals surface area contributed by atoms with E-state index in [1.165, 1.54) is 0 Å². The lowest BCUT2D eigenvalue weighted by atomic mass is 10.1. The van der Waals surface area contributed by atoms with Gasteiger partial charge in [0.2, 0.25) is 0 Å². The number of rotatable bonds is 4. The Morgan fingerprint density at radius 1 is 1.22 bits per heavy atom. The summed E-state index contributed by atoms with van der Waals surface area (Å²) in [6, 6.07) is 13.0. The van der Waals surface area contributed by atoms with Crippen molar-refractivity contribution in [2.75, 3.05) is 5.32 Å². The zero-order valence-corrected chi connectivity index (χ0v) is 14.5. The number of nitrogens with zero attached hydrogens (tertiary/aromatic N) is 3. The highest BCUT2D eigenvalue weighted by Crippen LogP contribution is 2.26. The van der Waals surface area contributed by atoms with Gasteiger partial charge < -0.3 is 14.3 Å². The van der Waals surface area contributed by atoms with Crippen molar-refractivity contribution in [1.29, 1.82) is 0 Å². The Morgan fingerprint density at radius 3 is 2.93 bits per heavy atom. The van der Waals surface area contributed by atoms with Gasteiger partial charge in [0.05, 0.1) is 18.2 Å². The van der Waals surface area contributed by atoms with E-state index in [-0.39, 0.29) is 5.91 Å². The van der Waals surface area contributed by atoms with E-state index in [0.29, 0.717) is 22.8 Å². The number of nitrogens with one attached hydrogen (secondary N) is 2. The van der Waals surface area contributed by atoms with E-state index >= 15 is 0 Å². The van der Waals surface area contributed by atoms with E-state index < -0.39 is 0 Å². The molecular weight excluding hydrogens is 342 g/mol. The van der Waals surface area contributed by atoms with Crippen LogP contribution in [0.25, 0.3) is 22.7 Å². The third-order valence-electron chi connectivity index (χ3n) is 4.76. The summed E-state index contributed by atoms with van der Waals surface area (Å²) in [6.07, 6.45) is 5.68. The number of amides is 1. The molecule has 1 amide bonds.